The largest absolute Gasteiger partial charge is 0.463 e. The molecule has 1 aliphatic heterocycles. The molecule has 0 aliphatic carbocycles. The molecule has 4 heteroatoms. The van der Waals surface area contributed by atoms with E-state index >= 15 is 0 Å². The predicted octanol–water partition coefficient (Wildman–Crippen LogP) is 1.41. The van der Waals surface area contributed by atoms with Gasteiger partial charge in [0.25, 0.3) is 0 Å². The fraction of sp³-hybridized carbons (Fsp3) is 0.600. The third-order valence-electron chi connectivity index (χ3n) is 2.11. The van der Waals surface area contributed by atoms with Crippen molar-refractivity contribution in [2.24, 2.45) is 5.92 Å². The molecule has 0 saturated heterocycles. The van der Waals surface area contributed by atoms with Gasteiger partial charge in [0, 0.05) is 5.92 Å². The van der Waals surface area contributed by atoms with Gasteiger partial charge in [0.1, 0.15) is 5.76 Å². The lowest BCUT2D eigenvalue weighted by Crippen LogP contribution is -2.24. The Kier molecular flexibility index (Phi) is 3.28. The monoisotopic (exact) mass is 198 g/mol. The van der Waals surface area contributed by atoms with E-state index in [4.69, 9.17) is 9.47 Å². The van der Waals surface area contributed by atoms with Gasteiger partial charge >= 0.3 is 11.9 Å². The minimum Gasteiger partial charge on any atom is -0.463 e. The summed E-state index contributed by atoms with van der Waals surface area (Å²) in [6.45, 7) is 5.50. The number of cyclic esters (lactones) is 1. The van der Waals surface area contributed by atoms with Crippen LogP contribution in [0.1, 0.15) is 27.2 Å². The summed E-state index contributed by atoms with van der Waals surface area (Å²) in [5.74, 6) is -0.421. The van der Waals surface area contributed by atoms with Crippen molar-refractivity contribution in [3.63, 3.8) is 0 Å². The lowest BCUT2D eigenvalue weighted by Gasteiger charge is -2.21. The zero-order chi connectivity index (χ0) is 10.7. The standard InChI is InChI=1S/C10H14O4/c1-4-13-10(12)9-6(2)5-8(11)14-7(9)3/h6H,4-5H2,1-3H3/t6-/m1/s1. The summed E-state index contributed by atoms with van der Waals surface area (Å²) < 4.78 is 9.75. The zero-order valence-corrected chi connectivity index (χ0v) is 8.62. The lowest BCUT2D eigenvalue weighted by molar-refractivity contribution is -0.144. The second-order valence-corrected chi connectivity index (χ2v) is 3.27. The van der Waals surface area contributed by atoms with Gasteiger partial charge in [-0.2, -0.15) is 0 Å². The average Bonchev–Trinajstić information content (AvgIpc) is 2.01. The summed E-state index contributed by atoms with van der Waals surface area (Å²) in [6, 6.07) is 0. The van der Waals surface area contributed by atoms with Crippen molar-refractivity contribution in [1.82, 2.24) is 0 Å². The first kappa shape index (κ1) is 10.8. The molecule has 0 bridgehead atoms. The van der Waals surface area contributed by atoms with Crippen molar-refractivity contribution < 1.29 is 19.1 Å². The molecular weight excluding hydrogens is 184 g/mol. The van der Waals surface area contributed by atoms with Gasteiger partial charge in [-0.25, -0.2) is 4.79 Å². The van der Waals surface area contributed by atoms with Crippen molar-refractivity contribution in [1.29, 1.82) is 0 Å². The fourth-order valence-electron chi connectivity index (χ4n) is 1.52. The second-order valence-electron chi connectivity index (χ2n) is 3.27. The molecule has 0 unspecified atom stereocenters. The average molecular weight is 198 g/mol. The molecule has 0 amide bonds. The summed E-state index contributed by atoms with van der Waals surface area (Å²) >= 11 is 0. The Bertz CT molecular complexity index is 290. The molecule has 1 atom stereocenters. The molecule has 4 nitrogen and oxygen atoms in total. The Hall–Kier alpha value is -1.32. The van der Waals surface area contributed by atoms with Gasteiger partial charge < -0.3 is 9.47 Å². The summed E-state index contributed by atoms with van der Waals surface area (Å²) in [4.78, 5) is 22.5. The molecular formula is C10H14O4. The zero-order valence-electron chi connectivity index (χ0n) is 8.62. The maximum Gasteiger partial charge on any atom is 0.337 e. The Balaban J connectivity index is 2.88. The van der Waals surface area contributed by atoms with Crippen LogP contribution in [0.3, 0.4) is 0 Å². The SMILES string of the molecule is CCOC(=O)C1=C(C)OC(=O)C[C@H]1C. The maximum atomic E-state index is 11.5. The highest BCUT2D eigenvalue weighted by Gasteiger charge is 2.29. The van der Waals surface area contributed by atoms with Gasteiger partial charge in [0.15, 0.2) is 0 Å². The lowest BCUT2D eigenvalue weighted by atomic mass is 9.95. The van der Waals surface area contributed by atoms with Gasteiger partial charge in [-0.3, -0.25) is 4.79 Å². The first-order valence-corrected chi connectivity index (χ1v) is 4.64. The van der Waals surface area contributed by atoms with E-state index in [0.29, 0.717) is 17.9 Å². The molecule has 0 aromatic carbocycles. The van der Waals surface area contributed by atoms with Crippen LogP contribution in [-0.2, 0) is 19.1 Å². The molecule has 0 radical (unpaired) electrons. The summed E-state index contributed by atoms with van der Waals surface area (Å²) in [6.07, 6.45) is 0.242. The van der Waals surface area contributed by atoms with Crippen LogP contribution in [0.4, 0.5) is 0 Å². The molecule has 0 N–H and O–H groups in total. The van der Waals surface area contributed by atoms with E-state index in [1.165, 1.54) is 0 Å². The van der Waals surface area contributed by atoms with Gasteiger partial charge in [0.2, 0.25) is 0 Å². The first-order chi connectivity index (χ1) is 6.56. The molecule has 0 fully saturated rings. The molecule has 0 saturated carbocycles. The number of esters is 2. The highest BCUT2D eigenvalue weighted by Crippen LogP contribution is 2.26. The third kappa shape index (κ3) is 2.13. The van der Waals surface area contributed by atoms with E-state index in [2.05, 4.69) is 0 Å². The number of hydrogen-bond acceptors (Lipinski definition) is 4. The number of hydrogen-bond donors (Lipinski definition) is 0. The highest BCUT2D eigenvalue weighted by atomic mass is 16.5. The van der Waals surface area contributed by atoms with Gasteiger partial charge in [-0.05, 0) is 13.8 Å². The Morgan fingerprint density at radius 2 is 2.29 bits per heavy atom. The summed E-state index contributed by atoms with van der Waals surface area (Å²) in [5.41, 5.74) is 0.478. The molecule has 14 heavy (non-hydrogen) atoms. The van der Waals surface area contributed by atoms with Crippen LogP contribution in [0.15, 0.2) is 11.3 Å². The Labute approximate surface area is 82.9 Å². The van der Waals surface area contributed by atoms with Crippen molar-refractivity contribution >= 4 is 11.9 Å². The van der Waals surface area contributed by atoms with E-state index in [1.54, 1.807) is 13.8 Å². The van der Waals surface area contributed by atoms with Crippen molar-refractivity contribution in [3.05, 3.63) is 11.3 Å². The van der Waals surface area contributed by atoms with Crippen molar-refractivity contribution in [2.45, 2.75) is 27.2 Å². The number of allylic oxidation sites excluding steroid dienone is 1. The molecule has 78 valence electrons. The number of ether oxygens (including phenoxy) is 2. The molecule has 0 aromatic rings. The minimum absolute atomic E-state index is 0.115. The van der Waals surface area contributed by atoms with Crippen LogP contribution < -0.4 is 0 Å². The third-order valence-corrected chi connectivity index (χ3v) is 2.11. The van der Waals surface area contributed by atoms with Gasteiger partial charge in [-0.1, -0.05) is 6.92 Å². The van der Waals surface area contributed by atoms with E-state index in [1.807, 2.05) is 6.92 Å². The number of carbonyl (C=O) groups is 2. The van der Waals surface area contributed by atoms with Gasteiger partial charge in [-0.15, -0.1) is 0 Å². The fourth-order valence-corrected chi connectivity index (χ4v) is 1.52. The van der Waals surface area contributed by atoms with Crippen LogP contribution in [0.25, 0.3) is 0 Å². The van der Waals surface area contributed by atoms with E-state index in [-0.39, 0.29) is 24.3 Å². The number of rotatable bonds is 2. The first-order valence-electron chi connectivity index (χ1n) is 4.64. The smallest absolute Gasteiger partial charge is 0.337 e. The summed E-state index contributed by atoms with van der Waals surface area (Å²) in [7, 11) is 0. The highest BCUT2D eigenvalue weighted by molar-refractivity contribution is 5.92. The van der Waals surface area contributed by atoms with E-state index in [0.717, 1.165) is 0 Å². The Morgan fingerprint density at radius 3 is 2.79 bits per heavy atom. The summed E-state index contributed by atoms with van der Waals surface area (Å²) in [5, 5.41) is 0. The number of carbonyl (C=O) groups excluding carboxylic acids is 2. The normalized spacial score (nSPS) is 21.9. The van der Waals surface area contributed by atoms with E-state index < -0.39 is 0 Å². The van der Waals surface area contributed by atoms with Gasteiger partial charge in [0.05, 0.1) is 18.6 Å². The molecule has 1 rings (SSSR count). The van der Waals surface area contributed by atoms with Crippen LogP contribution in [0.2, 0.25) is 0 Å². The predicted molar refractivity (Wildman–Crippen MR) is 49.2 cm³/mol. The van der Waals surface area contributed by atoms with Crippen molar-refractivity contribution in [3.8, 4) is 0 Å². The molecule has 1 heterocycles. The van der Waals surface area contributed by atoms with Crippen LogP contribution in [0, 0.1) is 5.92 Å². The molecule has 0 spiro atoms. The van der Waals surface area contributed by atoms with Crippen molar-refractivity contribution in [2.75, 3.05) is 6.61 Å². The quantitative estimate of drug-likeness (QED) is 0.629. The van der Waals surface area contributed by atoms with Crippen LogP contribution in [0.5, 0.6) is 0 Å². The molecule has 0 aromatic heterocycles. The Morgan fingerprint density at radius 1 is 1.64 bits per heavy atom. The topological polar surface area (TPSA) is 52.6 Å². The van der Waals surface area contributed by atoms with E-state index in [9.17, 15) is 9.59 Å². The minimum atomic E-state index is -0.384. The van der Waals surface area contributed by atoms with Crippen LogP contribution in [-0.4, -0.2) is 18.5 Å². The molecule has 1 aliphatic rings. The second kappa shape index (κ2) is 4.26. The maximum absolute atomic E-state index is 11.5. The van der Waals surface area contributed by atoms with Crippen LogP contribution >= 0.6 is 0 Å².